The van der Waals surface area contributed by atoms with Crippen LogP contribution in [0.25, 0.3) is 0 Å². The lowest BCUT2D eigenvalue weighted by Gasteiger charge is -2.30. The minimum atomic E-state index is -0.840. The summed E-state index contributed by atoms with van der Waals surface area (Å²) in [5.74, 6) is -0.610. The van der Waals surface area contributed by atoms with Crippen molar-refractivity contribution in [2.24, 2.45) is 0 Å². The number of carbonyl (C=O) groups excluding carboxylic acids is 3. The van der Waals surface area contributed by atoms with Crippen LogP contribution >= 0.6 is 0 Å². The molecule has 1 aliphatic heterocycles. The molecule has 7 nitrogen and oxygen atoms in total. The summed E-state index contributed by atoms with van der Waals surface area (Å²) in [7, 11) is 0. The van der Waals surface area contributed by atoms with Crippen molar-refractivity contribution >= 4 is 24.1 Å². The molecule has 3 rings (SSSR count). The van der Waals surface area contributed by atoms with Crippen molar-refractivity contribution in [3.63, 3.8) is 0 Å². The Bertz CT molecular complexity index is 727. The second-order valence-corrected chi connectivity index (χ2v) is 6.46. The summed E-state index contributed by atoms with van der Waals surface area (Å²) < 4.78 is 5.83. The zero-order valence-electron chi connectivity index (χ0n) is 14.1. The van der Waals surface area contributed by atoms with Crippen LogP contribution in [-0.2, 0) is 9.59 Å². The number of benzene rings is 1. The van der Waals surface area contributed by atoms with Gasteiger partial charge < -0.3 is 4.74 Å². The van der Waals surface area contributed by atoms with E-state index >= 15 is 0 Å². The first-order valence-electron chi connectivity index (χ1n) is 8.44. The van der Waals surface area contributed by atoms with Crippen molar-refractivity contribution in [2.45, 2.75) is 51.2 Å². The zero-order valence-corrected chi connectivity index (χ0v) is 14.1. The summed E-state index contributed by atoms with van der Waals surface area (Å²) in [5.41, 5.74) is 1.13. The van der Waals surface area contributed by atoms with Crippen LogP contribution in [-0.4, -0.2) is 41.1 Å². The smallest absolute Gasteiger partial charge is 0.259 e. The first-order valence-corrected chi connectivity index (χ1v) is 8.44. The number of ether oxygens (including phenoxy) is 1. The first-order chi connectivity index (χ1) is 12.0. The molecule has 1 saturated carbocycles. The topological polar surface area (TPSA) is 99.6 Å². The number of hydrogen-bond acceptors (Lipinski definition) is 5. The monoisotopic (exact) mass is 343 g/mol. The Kier molecular flexibility index (Phi) is 4.83. The van der Waals surface area contributed by atoms with E-state index in [-0.39, 0.29) is 24.9 Å². The average Bonchev–Trinajstić information content (AvgIpc) is 2.53. The Labute approximate surface area is 145 Å². The van der Waals surface area contributed by atoms with Crippen molar-refractivity contribution in [3.05, 3.63) is 29.3 Å². The van der Waals surface area contributed by atoms with E-state index in [2.05, 4.69) is 5.32 Å². The second kappa shape index (κ2) is 7.04. The van der Waals surface area contributed by atoms with Gasteiger partial charge in [-0.3, -0.25) is 30.0 Å². The zero-order chi connectivity index (χ0) is 18.0. The average molecular weight is 343 g/mol. The fourth-order valence-electron chi connectivity index (χ4n) is 3.01. The van der Waals surface area contributed by atoms with Crippen molar-refractivity contribution in [1.82, 2.24) is 10.2 Å². The van der Waals surface area contributed by atoms with E-state index in [9.17, 15) is 14.4 Å². The van der Waals surface area contributed by atoms with E-state index in [0.717, 1.165) is 35.4 Å². The molecule has 3 amide bonds. The van der Waals surface area contributed by atoms with Gasteiger partial charge in [0, 0.05) is 12.0 Å². The molecule has 1 unspecified atom stereocenters. The van der Waals surface area contributed by atoms with Crippen LogP contribution in [0.2, 0.25) is 0 Å². The Morgan fingerprint density at radius 1 is 1.32 bits per heavy atom. The maximum Gasteiger partial charge on any atom is 0.259 e. The minimum absolute atomic E-state index is 0.154. The predicted octanol–water partition coefficient (Wildman–Crippen LogP) is 1.78. The van der Waals surface area contributed by atoms with Crippen LogP contribution in [0, 0.1) is 12.3 Å². The Hall–Kier alpha value is -2.70. The lowest BCUT2D eigenvalue weighted by atomic mass is 9.96. The van der Waals surface area contributed by atoms with Gasteiger partial charge in [-0.2, -0.15) is 0 Å². The van der Waals surface area contributed by atoms with E-state index in [1.807, 2.05) is 0 Å². The summed E-state index contributed by atoms with van der Waals surface area (Å²) >= 11 is 0. The summed E-state index contributed by atoms with van der Waals surface area (Å²) in [5, 5.41) is 9.76. The van der Waals surface area contributed by atoms with Crippen LogP contribution in [0.4, 0.5) is 0 Å². The van der Waals surface area contributed by atoms with Crippen LogP contribution in [0.15, 0.2) is 18.2 Å². The van der Waals surface area contributed by atoms with Gasteiger partial charge in [0.25, 0.3) is 5.91 Å². The number of imide groups is 1. The van der Waals surface area contributed by atoms with E-state index in [0.29, 0.717) is 5.56 Å². The van der Waals surface area contributed by atoms with Crippen LogP contribution in [0.1, 0.15) is 48.0 Å². The standard InChI is InChI=1S/C18H21N3O4/c1-11-9-13(25-12-3-2-4-12)5-6-14(11)18(24)21(10-19)15-7-8-16(22)20-17(15)23/h5-6,9-10,12,15,19H,2-4,7-8H2,1H3,(H,20,22,23). The molecule has 132 valence electrons. The molecular formula is C18H21N3O4. The third kappa shape index (κ3) is 3.55. The summed E-state index contributed by atoms with van der Waals surface area (Å²) in [6.07, 6.45) is 4.76. The number of nitrogens with one attached hydrogen (secondary N) is 2. The van der Waals surface area contributed by atoms with Crippen molar-refractivity contribution in [1.29, 1.82) is 5.41 Å². The van der Waals surface area contributed by atoms with Gasteiger partial charge in [0.15, 0.2) is 0 Å². The molecule has 2 fully saturated rings. The molecule has 2 N–H and O–H groups in total. The van der Waals surface area contributed by atoms with Gasteiger partial charge in [-0.15, -0.1) is 0 Å². The molecule has 2 aliphatic rings. The Balaban J connectivity index is 1.77. The highest BCUT2D eigenvalue weighted by Gasteiger charge is 2.34. The summed E-state index contributed by atoms with van der Waals surface area (Å²) in [4.78, 5) is 37.1. The van der Waals surface area contributed by atoms with Gasteiger partial charge in [0.05, 0.1) is 12.4 Å². The van der Waals surface area contributed by atoms with Crippen molar-refractivity contribution in [3.8, 4) is 5.75 Å². The molecule has 0 radical (unpaired) electrons. The number of carbonyl (C=O) groups is 3. The van der Waals surface area contributed by atoms with E-state index in [4.69, 9.17) is 10.1 Å². The van der Waals surface area contributed by atoms with E-state index in [1.54, 1.807) is 25.1 Å². The Morgan fingerprint density at radius 3 is 2.64 bits per heavy atom. The highest BCUT2D eigenvalue weighted by atomic mass is 16.5. The molecule has 1 aliphatic carbocycles. The van der Waals surface area contributed by atoms with Gasteiger partial charge in [0.1, 0.15) is 11.8 Å². The van der Waals surface area contributed by atoms with E-state index < -0.39 is 17.9 Å². The predicted molar refractivity (Wildman–Crippen MR) is 90.6 cm³/mol. The number of hydrogen-bond donors (Lipinski definition) is 2. The molecule has 1 atom stereocenters. The molecule has 0 spiro atoms. The number of rotatable bonds is 5. The highest BCUT2D eigenvalue weighted by Crippen LogP contribution is 2.27. The second-order valence-electron chi connectivity index (χ2n) is 6.46. The molecule has 1 saturated heterocycles. The van der Waals surface area contributed by atoms with Crippen LogP contribution in [0.3, 0.4) is 0 Å². The molecule has 1 aromatic rings. The van der Waals surface area contributed by atoms with Crippen LogP contribution in [0.5, 0.6) is 5.75 Å². The van der Waals surface area contributed by atoms with Crippen LogP contribution < -0.4 is 10.1 Å². The lowest BCUT2D eigenvalue weighted by Crippen LogP contribution is -2.53. The fourth-order valence-corrected chi connectivity index (χ4v) is 3.01. The number of nitrogens with zero attached hydrogens (tertiary/aromatic N) is 1. The molecular weight excluding hydrogens is 322 g/mol. The third-order valence-corrected chi connectivity index (χ3v) is 4.70. The fraction of sp³-hybridized carbons (Fsp3) is 0.444. The molecule has 0 bridgehead atoms. The highest BCUT2D eigenvalue weighted by molar-refractivity contribution is 6.07. The molecule has 25 heavy (non-hydrogen) atoms. The summed E-state index contributed by atoms with van der Waals surface area (Å²) in [6.45, 7) is 1.80. The third-order valence-electron chi connectivity index (χ3n) is 4.70. The normalized spacial score (nSPS) is 20.4. The molecule has 1 heterocycles. The number of amides is 3. The van der Waals surface area contributed by atoms with Gasteiger partial charge in [-0.1, -0.05) is 0 Å². The summed E-state index contributed by atoms with van der Waals surface area (Å²) in [6, 6.07) is 4.37. The minimum Gasteiger partial charge on any atom is -0.490 e. The maximum atomic E-state index is 12.8. The quantitative estimate of drug-likeness (QED) is 0.483. The van der Waals surface area contributed by atoms with Gasteiger partial charge >= 0.3 is 0 Å². The largest absolute Gasteiger partial charge is 0.490 e. The number of piperidine rings is 1. The van der Waals surface area contributed by atoms with Gasteiger partial charge in [0.2, 0.25) is 11.8 Å². The SMILES string of the molecule is Cc1cc(OC2CCC2)ccc1C(=O)N(C=N)C1CCC(=O)NC1=O. The number of aryl methyl sites for hydroxylation is 1. The first kappa shape index (κ1) is 17.1. The van der Waals surface area contributed by atoms with E-state index in [1.165, 1.54) is 6.42 Å². The van der Waals surface area contributed by atoms with Crippen molar-refractivity contribution < 1.29 is 19.1 Å². The lowest BCUT2D eigenvalue weighted by molar-refractivity contribution is -0.135. The van der Waals surface area contributed by atoms with Gasteiger partial charge in [-0.05, 0) is 56.4 Å². The molecule has 1 aromatic carbocycles. The van der Waals surface area contributed by atoms with Gasteiger partial charge in [-0.25, -0.2) is 0 Å². The maximum absolute atomic E-state index is 12.8. The van der Waals surface area contributed by atoms with Crippen molar-refractivity contribution in [2.75, 3.05) is 0 Å². The molecule has 7 heteroatoms. The molecule has 0 aromatic heterocycles. The Morgan fingerprint density at radius 2 is 2.08 bits per heavy atom.